The van der Waals surface area contributed by atoms with E-state index in [1.54, 1.807) is 0 Å². The smallest absolute Gasteiger partial charge is 0.0805 e. The molecular weight excluding hydrogens is 288 g/mol. The van der Waals surface area contributed by atoms with Gasteiger partial charge in [0.15, 0.2) is 0 Å². The quantitative estimate of drug-likeness (QED) is 0.771. The van der Waals surface area contributed by atoms with E-state index < -0.39 is 12.0 Å². The maximum absolute atomic E-state index is 10.2. The van der Waals surface area contributed by atoms with E-state index in [0.717, 1.165) is 11.1 Å². The van der Waals surface area contributed by atoms with Gasteiger partial charge in [0.2, 0.25) is 0 Å². The number of ether oxygens (including phenoxy) is 2. The molecule has 3 heteroatoms. The van der Waals surface area contributed by atoms with Gasteiger partial charge in [-0.05, 0) is 29.4 Å². The van der Waals surface area contributed by atoms with Crippen molar-refractivity contribution in [2.75, 3.05) is 13.2 Å². The van der Waals surface area contributed by atoms with Crippen molar-refractivity contribution in [1.29, 1.82) is 0 Å². The molecule has 0 saturated heterocycles. The van der Waals surface area contributed by atoms with Crippen LogP contribution in [0.1, 0.15) is 18.9 Å². The highest BCUT2D eigenvalue weighted by Gasteiger charge is 2.42. The van der Waals surface area contributed by atoms with Crippen LogP contribution in [0.4, 0.5) is 0 Å². The molecule has 3 nitrogen and oxygen atoms in total. The zero-order chi connectivity index (χ0) is 16.8. The van der Waals surface area contributed by atoms with E-state index in [0.29, 0.717) is 26.2 Å². The van der Waals surface area contributed by atoms with Gasteiger partial charge in [0.05, 0.1) is 32.5 Å². The summed E-state index contributed by atoms with van der Waals surface area (Å²) in [5, 5.41) is 10.2. The Morgan fingerprint density at radius 2 is 1.52 bits per heavy atom. The predicted octanol–water partition coefficient (Wildman–Crippen LogP) is 3.42. The Kier molecular flexibility index (Phi) is 5.34. The molecule has 0 aromatic heterocycles. The van der Waals surface area contributed by atoms with Crippen LogP contribution in [0, 0.1) is 11.8 Å². The summed E-state index contributed by atoms with van der Waals surface area (Å²) >= 11 is 0. The van der Waals surface area contributed by atoms with Gasteiger partial charge < -0.3 is 14.6 Å². The highest BCUT2D eigenvalue weighted by Crippen LogP contribution is 2.41. The lowest BCUT2D eigenvalue weighted by atomic mass is 10.2. The van der Waals surface area contributed by atoms with Gasteiger partial charge in [-0.25, -0.2) is 0 Å². The second-order valence-corrected chi connectivity index (χ2v) is 5.99. The van der Waals surface area contributed by atoms with Crippen molar-refractivity contribution in [3.8, 4) is 0 Å². The van der Waals surface area contributed by atoms with Crippen molar-refractivity contribution < 1.29 is 16.0 Å². The monoisotopic (exact) mass is 313 g/mol. The zero-order valence-electron chi connectivity index (χ0n) is 14.2. The average Bonchev–Trinajstić information content (AvgIpc) is 3.28. The van der Waals surface area contributed by atoms with Crippen LogP contribution >= 0.6 is 0 Å². The molecule has 0 spiro atoms. The first-order chi connectivity index (χ1) is 11.7. The number of hydrogen-bond acceptors (Lipinski definition) is 3. The number of aliphatic hydroxyl groups excluding tert-OH is 1. The molecule has 0 radical (unpaired) electrons. The zero-order valence-corrected chi connectivity index (χ0v) is 13.2. The van der Waals surface area contributed by atoms with Crippen molar-refractivity contribution in [2.24, 2.45) is 11.8 Å². The molecule has 0 bridgehead atoms. The van der Waals surface area contributed by atoms with Gasteiger partial charge in [0.25, 0.3) is 0 Å². The molecule has 1 saturated carbocycles. The Bertz CT molecular complexity index is 619. The molecule has 0 heterocycles. The molecule has 0 aliphatic heterocycles. The Hall–Kier alpha value is -1.68. The second-order valence-electron chi connectivity index (χ2n) is 5.99. The van der Waals surface area contributed by atoms with Crippen LogP contribution in [-0.2, 0) is 22.7 Å². The summed E-state index contributed by atoms with van der Waals surface area (Å²) in [4.78, 5) is 0. The van der Waals surface area contributed by atoms with Gasteiger partial charge in [0, 0.05) is 1.37 Å². The standard InChI is InChI=1S/C20H24O3/c21-20(15-23-13-17-9-5-2-6-10-17)19-11-18(19)14-22-12-16-7-3-1-4-8-16/h1-10,18-21H,11-15H2/t18-,19+,20-/m0/s1/i19D. The Labute approximate surface area is 139 Å². The summed E-state index contributed by atoms with van der Waals surface area (Å²) in [5.74, 6) is -0.746. The van der Waals surface area contributed by atoms with Crippen LogP contribution in [0.15, 0.2) is 60.7 Å². The summed E-state index contributed by atoms with van der Waals surface area (Å²) in [5.41, 5.74) is 2.20. The summed E-state index contributed by atoms with van der Waals surface area (Å²) in [6.07, 6.45) is -0.107. The Balaban J connectivity index is 1.36. The minimum atomic E-state index is -0.826. The van der Waals surface area contributed by atoms with Crippen molar-refractivity contribution in [1.82, 2.24) is 0 Å². The van der Waals surface area contributed by atoms with Crippen molar-refractivity contribution in [3.05, 3.63) is 71.8 Å². The first-order valence-electron chi connectivity index (χ1n) is 8.60. The van der Waals surface area contributed by atoms with E-state index in [-0.39, 0.29) is 12.5 Å². The molecule has 23 heavy (non-hydrogen) atoms. The lowest BCUT2D eigenvalue weighted by Crippen LogP contribution is -2.19. The molecule has 1 aliphatic carbocycles. The fourth-order valence-corrected chi connectivity index (χ4v) is 2.66. The van der Waals surface area contributed by atoms with Crippen LogP contribution < -0.4 is 0 Å². The lowest BCUT2D eigenvalue weighted by Gasteiger charge is -2.11. The Morgan fingerprint density at radius 1 is 0.957 bits per heavy atom. The molecule has 2 aromatic rings. The number of aliphatic hydroxyl groups is 1. The third-order valence-electron chi connectivity index (χ3n) is 4.09. The molecule has 1 aliphatic rings. The third-order valence-corrected chi connectivity index (χ3v) is 4.09. The van der Waals surface area contributed by atoms with Crippen molar-refractivity contribution >= 4 is 0 Å². The number of benzene rings is 2. The maximum atomic E-state index is 10.2. The first kappa shape index (κ1) is 14.9. The molecule has 3 rings (SSSR count). The van der Waals surface area contributed by atoms with Gasteiger partial charge >= 0.3 is 0 Å². The van der Waals surface area contributed by atoms with E-state index >= 15 is 0 Å². The molecular formula is C20H24O3. The molecule has 1 fully saturated rings. The van der Waals surface area contributed by atoms with E-state index in [1.807, 2.05) is 60.7 Å². The highest BCUT2D eigenvalue weighted by molar-refractivity contribution is 5.14. The maximum Gasteiger partial charge on any atom is 0.0805 e. The number of rotatable bonds is 9. The minimum Gasteiger partial charge on any atom is -0.390 e. The lowest BCUT2D eigenvalue weighted by molar-refractivity contribution is 0.0106. The topological polar surface area (TPSA) is 38.7 Å². The highest BCUT2D eigenvalue weighted by atomic mass is 16.5. The van der Waals surface area contributed by atoms with E-state index in [4.69, 9.17) is 10.8 Å². The van der Waals surface area contributed by atoms with E-state index in [9.17, 15) is 5.11 Å². The molecule has 3 atom stereocenters. The van der Waals surface area contributed by atoms with Crippen LogP contribution in [0.2, 0.25) is 0 Å². The summed E-state index contributed by atoms with van der Waals surface area (Å²) in [7, 11) is 0. The van der Waals surface area contributed by atoms with E-state index in [2.05, 4.69) is 0 Å². The average molecular weight is 313 g/mol. The van der Waals surface area contributed by atoms with Crippen LogP contribution in [0.25, 0.3) is 0 Å². The van der Waals surface area contributed by atoms with Crippen molar-refractivity contribution in [3.63, 3.8) is 0 Å². The fraction of sp³-hybridized carbons (Fsp3) is 0.400. The molecule has 0 unspecified atom stereocenters. The van der Waals surface area contributed by atoms with Crippen LogP contribution in [-0.4, -0.2) is 24.4 Å². The predicted molar refractivity (Wildman–Crippen MR) is 89.8 cm³/mol. The third kappa shape index (κ3) is 5.17. The number of hydrogen-bond donors (Lipinski definition) is 1. The van der Waals surface area contributed by atoms with Crippen LogP contribution in [0.3, 0.4) is 0 Å². The summed E-state index contributed by atoms with van der Waals surface area (Å²) in [6, 6.07) is 19.8. The fourth-order valence-electron chi connectivity index (χ4n) is 2.66. The second kappa shape index (κ2) is 8.25. The summed E-state index contributed by atoms with van der Waals surface area (Å²) < 4.78 is 19.6. The first-order valence-corrected chi connectivity index (χ1v) is 8.10. The molecule has 0 amide bonds. The van der Waals surface area contributed by atoms with E-state index in [1.165, 1.54) is 0 Å². The van der Waals surface area contributed by atoms with Gasteiger partial charge in [-0.15, -0.1) is 0 Å². The Morgan fingerprint density at radius 3 is 2.13 bits per heavy atom. The van der Waals surface area contributed by atoms with Gasteiger partial charge in [-0.3, -0.25) is 0 Å². The molecule has 1 N–H and O–H groups in total. The SMILES string of the molecule is [2H][C@@]1([C@@H](O)COCc2ccccc2)C[C@H]1COCc1ccccc1. The van der Waals surface area contributed by atoms with Crippen LogP contribution in [0.5, 0.6) is 0 Å². The van der Waals surface area contributed by atoms with Crippen molar-refractivity contribution in [2.45, 2.75) is 25.7 Å². The van der Waals surface area contributed by atoms with Gasteiger partial charge in [0.1, 0.15) is 0 Å². The largest absolute Gasteiger partial charge is 0.390 e. The minimum absolute atomic E-state index is 0.0801. The van der Waals surface area contributed by atoms with Gasteiger partial charge in [-0.2, -0.15) is 0 Å². The summed E-state index contributed by atoms with van der Waals surface area (Å²) in [6.45, 7) is 1.71. The molecule has 2 aromatic carbocycles. The molecule has 122 valence electrons. The normalized spacial score (nSPS) is 24.9. The van der Waals surface area contributed by atoms with Gasteiger partial charge in [-0.1, -0.05) is 60.7 Å².